The zero-order chi connectivity index (χ0) is 11.8. The Balaban J connectivity index is 4.40. The van der Waals surface area contributed by atoms with Crippen LogP contribution in [0.5, 0.6) is 0 Å². The van der Waals surface area contributed by atoms with Crippen LogP contribution in [0.25, 0.3) is 0 Å². The molecule has 2 nitrogen and oxygen atoms in total. The molecule has 2 unspecified atom stereocenters. The molecular formula is C13H30N2. The fraction of sp³-hybridized carbons (Fsp3) is 1.00. The van der Waals surface area contributed by atoms with E-state index in [9.17, 15) is 0 Å². The largest absolute Gasteiger partial charge is 0.315 e. The van der Waals surface area contributed by atoms with Gasteiger partial charge in [0.25, 0.3) is 0 Å². The topological polar surface area (TPSA) is 15.3 Å². The molecule has 0 aliphatic carbocycles. The van der Waals surface area contributed by atoms with E-state index in [1.165, 1.54) is 6.42 Å². The second-order valence-electron chi connectivity index (χ2n) is 4.71. The van der Waals surface area contributed by atoms with Crippen LogP contribution in [0, 0.1) is 5.92 Å². The number of likely N-dealkylation sites (N-methyl/N-ethyl adjacent to an activating group) is 2. The molecule has 0 spiro atoms. The molecule has 0 aromatic rings. The smallest absolute Gasteiger partial charge is 0.0246 e. The summed E-state index contributed by atoms with van der Waals surface area (Å²) in [5.74, 6) is 0.720. The van der Waals surface area contributed by atoms with Crippen molar-refractivity contribution >= 4 is 0 Å². The van der Waals surface area contributed by atoms with Crippen molar-refractivity contribution in [2.45, 2.75) is 60.0 Å². The zero-order valence-corrected chi connectivity index (χ0v) is 11.5. The lowest BCUT2D eigenvalue weighted by Crippen LogP contribution is -2.49. The molecule has 0 radical (unpaired) electrons. The van der Waals surface area contributed by atoms with Crippen LogP contribution in [0.2, 0.25) is 0 Å². The first kappa shape index (κ1) is 14.9. The third-order valence-corrected chi connectivity index (χ3v) is 3.32. The second kappa shape index (κ2) is 8.12. The lowest BCUT2D eigenvalue weighted by atomic mass is 10.00. The van der Waals surface area contributed by atoms with Crippen molar-refractivity contribution in [1.82, 2.24) is 10.2 Å². The van der Waals surface area contributed by atoms with Crippen LogP contribution in [0.4, 0.5) is 0 Å². The molecule has 92 valence electrons. The van der Waals surface area contributed by atoms with Gasteiger partial charge in [-0.1, -0.05) is 34.6 Å². The van der Waals surface area contributed by atoms with Crippen molar-refractivity contribution in [3.05, 3.63) is 0 Å². The van der Waals surface area contributed by atoms with Gasteiger partial charge in [-0.3, -0.25) is 4.90 Å². The average molecular weight is 214 g/mol. The van der Waals surface area contributed by atoms with Crippen LogP contribution in [-0.2, 0) is 0 Å². The molecule has 0 aliphatic heterocycles. The number of hydrogen-bond acceptors (Lipinski definition) is 2. The minimum Gasteiger partial charge on any atom is -0.315 e. The molecule has 0 amide bonds. The van der Waals surface area contributed by atoms with E-state index in [4.69, 9.17) is 0 Å². The Morgan fingerprint density at radius 3 is 2.00 bits per heavy atom. The summed E-state index contributed by atoms with van der Waals surface area (Å²) < 4.78 is 0. The summed E-state index contributed by atoms with van der Waals surface area (Å²) in [6.45, 7) is 17.1. The molecule has 2 heteroatoms. The maximum atomic E-state index is 3.48. The highest BCUT2D eigenvalue weighted by molar-refractivity contribution is 4.79. The molecule has 0 aromatic heterocycles. The minimum absolute atomic E-state index is 0.671. The summed E-state index contributed by atoms with van der Waals surface area (Å²) in [4.78, 5) is 2.63. The minimum atomic E-state index is 0.671. The van der Waals surface area contributed by atoms with Crippen LogP contribution < -0.4 is 5.32 Å². The summed E-state index contributed by atoms with van der Waals surface area (Å²) in [7, 11) is 0. The highest BCUT2D eigenvalue weighted by Crippen LogP contribution is 2.15. The lowest BCUT2D eigenvalue weighted by molar-refractivity contribution is 0.112. The maximum Gasteiger partial charge on any atom is 0.0246 e. The predicted molar refractivity (Wildman–Crippen MR) is 69.3 cm³/mol. The van der Waals surface area contributed by atoms with Crippen molar-refractivity contribution in [2.75, 3.05) is 19.6 Å². The van der Waals surface area contributed by atoms with E-state index < -0.39 is 0 Å². The van der Waals surface area contributed by atoms with Gasteiger partial charge < -0.3 is 5.32 Å². The third-order valence-electron chi connectivity index (χ3n) is 3.32. The Hall–Kier alpha value is -0.0800. The van der Waals surface area contributed by atoms with Crippen molar-refractivity contribution in [3.63, 3.8) is 0 Å². The van der Waals surface area contributed by atoms with Crippen LogP contribution >= 0.6 is 0 Å². The van der Waals surface area contributed by atoms with Crippen molar-refractivity contribution in [2.24, 2.45) is 5.92 Å². The number of nitrogens with one attached hydrogen (secondary N) is 1. The first-order valence-corrected chi connectivity index (χ1v) is 6.54. The van der Waals surface area contributed by atoms with Crippen molar-refractivity contribution in [1.29, 1.82) is 0 Å². The normalized spacial score (nSPS) is 16.0. The van der Waals surface area contributed by atoms with E-state index >= 15 is 0 Å². The highest BCUT2D eigenvalue weighted by atomic mass is 15.2. The first-order valence-electron chi connectivity index (χ1n) is 6.54. The third kappa shape index (κ3) is 4.98. The van der Waals surface area contributed by atoms with Gasteiger partial charge in [-0.25, -0.2) is 0 Å². The Morgan fingerprint density at radius 2 is 1.67 bits per heavy atom. The summed E-state index contributed by atoms with van der Waals surface area (Å²) in [6, 6.07) is 1.37. The molecular weight excluding hydrogens is 184 g/mol. The van der Waals surface area contributed by atoms with E-state index in [2.05, 4.69) is 51.8 Å². The molecule has 0 rings (SSSR count). The molecule has 0 aliphatic rings. The van der Waals surface area contributed by atoms with Gasteiger partial charge in [0, 0.05) is 18.6 Å². The second-order valence-corrected chi connectivity index (χ2v) is 4.71. The molecule has 1 N–H and O–H groups in total. The molecule has 0 saturated heterocycles. The number of hydrogen-bond donors (Lipinski definition) is 1. The SMILES string of the molecule is CCNCC(C(C)C)N(CC)C(C)CC. The van der Waals surface area contributed by atoms with Gasteiger partial charge in [0.05, 0.1) is 0 Å². The summed E-state index contributed by atoms with van der Waals surface area (Å²) >= 11 is 0. The monoisotopic (exact) mass is 214 g/mol. The van der Waals surface area contributed by atoms with E-state index in [-0.39, 0.29) is 0 Å². The van der Waals surface area contributed by atoms with Gasteiger partial charge >= 0.3 is 0 Å². The Labute approximate surface area is 96.4 Å². The Kier molecular flexibility index (Phi) is 8.07. The maximum absolute atomic E-state index is 3.48. The molecule has 0 saturated carbocycles. The molecule has 15 heavy (non-hydrogen) atoms. The van der Waals surface area contributed by atoms with Crippen LogP contribution in [0.15, 0.2) is 0 Å². The zero-order valence-electron chi connectivity index (χ0n) is 11.5. The van der Waals surface area contributed by atoms with E-state index in [0.717, 1.165) is 25.6 Å². The Bertz CT molecular complexity index is 145. The van der Waals surface area contributed by atoms with Crippen LogP contribution in [0.3, 0.4) is 0 Å². The molecule has 0 aromatic carbocycles. The van der Waals surface area contributed by atoms with Gasteiger partial charge in [0.15, 0.2) is 0 Å². The van der Waals surface area contributed by atoms with Crippen LogP contribution in [0.1, 0.15) is 48.0 Å². The lowest BCUT2D eigenvalue weighted by Gasteiger charge is -2.38. The Morgan fingerprint density at radius 1 is 1.07 bits per heavy atom. The standard InChI is InChI=1S/C13H30N2/c1-7-12(6)15(9-3)13(11(4)5)10-14-8-2/h11-14H,7-10H2,1-6H3. The first-order chi connectivity index (χ1) is 7.08. The van der Waals surface area contributed by atoms with Gasteiger partial charge in [0.1, 0.15) is 0 Å². The summed E-state index contributed by atoms with van der Waals surface area (Å²) in [6.07, 6.45) is 1.24. The van der Waals surface area contributed by atoms with E-state index in [1.807, 2.05) is 0 Å². The van der Waals surface area contributed by atoms with Gasteiger partial charge in [-0.2, -0.15) is 0 Å². The fourth-order valence-electron chi connectivity index (χ4n) is 2.14. The van der Waals surface area contributed by atoms with Crippen molar-refractivity contribution in [3.8, 4) is 0 Å². The number of nitrogens with zero attached hydrogens (tertiary/aromatic N) is 1. The van der Waals surface area contributed by atoms with Crippen LogP contribution in [-0.4, -0.2) is 36.6 Å². The molecule has 2 atom stereocenters. The molecule has 0 heterocycles. The van der Waals surface area contributed by atoms with E-state index in [0.29, 0.717) is 12.1 Å². The van der Waals surface area contributed by atoms with E-state index in [1.54, 1.807) is 0 Å². The van der Waals surface area contributed by atoms with Gasteiger partial charge in [-0.05, 0) is 32.4 Å². The molecule has 0 bridgehead atoms. The predicted octanol–water partition coefficient (Wildman–Crippen LogP) is 2.74. The quantitative estimate of drug-likeness (QED) is 0.668. The van der Waals surface area contributed by atoms with Gasteiger partial charge in [0.2, 0.25) is 0 Å². The average Bonchev–Trinajstić information content (AvgIpc) is 2.22. The number of rotatable bonds is 8. The van der Waals surface area contributed by atoms with Crippen molar-refractivity contribution < 1.29 is 0 Å². The highest BCUT2D eigenvalue weighted by Gasteiger charge is 2.23. The van der Waals surface area contributed by atoms with Gasteiger partial charge in [-0.15, -0.1) is 0 Å². The summed E-state index contributed by atoms with van der Waals surface area (Å²) in [5, 5.41) is 3.48. The fourth-order valence-corrected chi connectivity index (χ4v) is 2.14. The molecule has 0 fully saturated rings. The summed E-state index contributed by atoms with van der Waals surface area (Å²) in [5.41, 5.74) is 0.